The SMILES string of the molecule is CCCCOc1ccc(C(=O)Oc2ccc(/C=N/NC(=O)COc3ccc(-c4ccccc4)cc3)cc2OC)cc1. The Bertz CT molecular complexity index is 1450. The number of benzene rings is 4. The van der Waals surface area contributed by atoms with Crippen molar-refractivity contribution in [1.29, 1.82) is 0 Å². The summed E-state index contributed by atoms with van der Waals surface area (Å²) in [7, 11) is 1.47. The summed E-state index contributed by atoms with van der Waals surface area (Å²) in [5.74, 6) is 0.950. The number of carbonyl (C=O) groups is 2. The molecule has 0 spiro atoms. The van der Waals surface area contributed by atoms with Crippen molar-refractivity contribution < 1.29 is 28.5 Å². The van der Waals surface area contributed by atoms with E-state index in [0.717, 1.165) is 24.0 Å². The number of ether oxygens (including phenoxy) is 4. The molecule has 0 radical (unpaired) electrons. The molecular formula is C33H32N2O6. The number of nitrogens with zero attached hydrogens (tertiary/aromatic N) is 1. The van der Waals surface area contributed by atoms with Crippen LogP contribution in [0.1, 0.15) is 35.7 Å². The molecule has 0 bridgehead atoms. The summed E-state index contributed by atoms with van der Waals surface area (Å²) in [6.07, 6.45) is 3.47. The number of unbranched alkanes of at least 4 members (excludes halogenated alkanes) is 1. The van der Waals surface area contributed by atoms with Gasteiger partial charge in [-0.3, -0.25) is 4.79 Å². The molecule has 0 unspecified atom stereocenters. The Balaban J connectivity index is 1.26. The van der Waals surface area contributed by atoms with E-state index in [4.69, 9.17) is 18.9 Å². The Morgan fingerprint density at radius 2 is 1.49 bits per heavy atom. The number of hydrogen-bond donors (Lipinski definition) is 1. The number of carbonyl (C=O) groups excluding carboxylic acids is 2. The summed E-state index contributed by atoms with van der Waals surface area (Å²) in [6, 6.07) is 29.2. The van der Waals surface area contributed by atoms with E-state index in [9.17, 15) is 9.59 Å². The van der Waals surface area contributed by atoms with Gasteiger partial charge < -0.3 is 18.9 Å². The van der Waals surface area contributed by atoms with Crippen LogP contribution in [0.5, 0.6) is 23.0 Å². The summed E-state index contributed by atoms with van der Waals surface area (Å²) >= 11 is 0. The maximum Gasteiger partial charge on any atom is 0.343 e. The van der Waals surface area contributed by atoms with Crippen LogP contribution < -0.4 is 24.4 Å². The van der Waals surface area contributed by atoms with E-state index < -0.39 is 11.9 Å². The standard InChI is InChI=1S/C33H32N2O6/c1-3-4-20-39-28-17-13-27(14-18-28)33(37)41-30-19-10-24(21-31(30)38-2)22-34-35-32(36)23-40-29-15-11-26(12-16-29)25-8-6-5-7-9-25/h5-19,21-22H,3-4,20,23H2,1-2H3,(H,35,36)/b34-22+. The molecule has 0 aliphatic rings. The Labute approximate surface area is 239 Å². The van der Waals surface area contributed by atoms with Crippen LogP contribution in [0.15, 0.2) is 102 Å². The zero-order valence-electron chi connectivity index (χ0n) is 23.0. The molecule has 0 aromatic heterocycles. The van der Waals surface area contributed by atoms with Gasteiger partial charge in [-0.2, -0.15) is 5.10 Å². The highest BCUT2D eigenvalue weighted by Gasteiger charge is 2.13. The zero-order valence-corrected chi connectivity index (χ0v) is 23.0. The Morgan fingerprint density at radius 3 is 2.20 bits per heavy atom. The average molecular weight is 553 g/mol. The highest BCUT2D eigenvalue weighted by molar-refractivity contribution is 5.92. The van der Waals surface area contributed by atoms with Crippen LogP contribution in [0, 0.1) is 0 Å². The number of amides is 1. The topological polar surface area (TPSA) is 95.5 Å². The van der Waals surface area contributed by atoms with Crippen molar-refractivity contribution in [2.75, 3.05) is 20.3 Å². The predicted octanol–water partition coefficient (Wildman–Crippen LogP) is 6.29. The van der Waals surface area contributed by atoms with Crippen LogP contribution >= 0.6 is 0 Å². The molecule has 8 nitrogen and oxygen atoms in total. The summed E-state index contributed by atoms with van der Waals surface area (Å²) in [4.78, 5) is 24.8. The monoisotopic (exact) mass is 552 g/mol. The molecule has 8 heteroatoms. The van der Waals surface area contributed by atoms with Crippen LogP contribution in [0.3, 0.4) is 0 Å². The Kier molecular flexibility index (Phi) is 10.5. The Morgan fingerprint density at radius 1 is 0.805 bits per heavy atom. The van der Waals surface area contributed by atoms with Gasteiger partial charge in [0.05, 0.1) is 25.5 Å². The fraction of sp³-hybridized carbons (Fsp3) is 0.182. The van der Waals surface area contributed by atoms with E-state index in [1.54, 1.807) is 42.5 Å². The highest BCUT2D eigenvalue weighted by Crippen LogP contribution is 2.29. The lowest BCUT2D eigenvalue weighted by molar-refractivity contribution is -0.123. The first-order valence-corrected chi connectivity index (χ1v) is 13.3. The predicted molar refractivity (Wildman–Crippen MR) is 158 cm³/mol. The molecule has 0 heterocycles. The number of hydrazone groups is 1. The molecule has 0 atom stereocenters. The van der Waals surface area contributed by atoms with Gasteiger partial charge in [0.2, 0.25) is 0 Å². The van der Waals surface area contributed by atoms with Crippen LogP contribution in [0.2, 0.25) is 0 Å². The quantitative estimate of drug-likeness (QED) is 0.0689. The number of nitrogens with one attached hydrogen (secondary N) is 1. The summed E-state index contributed by atoms with van der Waals surface area (Å²) in [5, 5.41) is 3.98. The third-order valence-electron chi connectivity index (χ3n) is 5.98. The van der Waals surface area contributed by atoms with Gasteiger partial charge in [0, 0.05) is 0 Å². The first kappa shape index (κ1) is 28.9. The molecule has 4 aromatic rings. The largest absolute Gasteiger partial charge is 0.494 e. The molecule has 4 aromatic carbocycles. The van der Waals surface area contributed by atoms with Gasteiger partial charge in [0.25, 0.3) is 5.91 Å². The van der Waals surface area contributed by atoms with Crippen molar-refractivity contribution in [3.63, 3.8) is 0 Å². The van der Waals surface area contributed by atoms with E-state index in [-0.39, 0.29) is 12.4 Å². The van der Waals surface area contributed by atoms with Crippen molar-refractivity contribution in [2.24, 2.45) is 5.10 Å². The molecule has 4 rings (SSSR count). The van der Waals surface area contributed by atoms with Gasteiger partial charge in [-0.15, -0.1) is 0 Å². The van der Waals surface area contributed by atoms with E-state index in [1.165, 1.54) is 13.3 Å². The summed E-state index contributed by atoms with van der Waals surface area (Å²) in [5.41, 5.74) is 5.62. The Hall–Kier alpha value is -5.11. The molecule has 41 heavy (non-hydrogen) atoms. The molecule has 0 fully saturated rings. The first-order valence-electron chi connectivity index (χ1n) is 13.3. The average Bonchev–Trinajstić information content (AvgIpc) is 3.02. The number of rotatable bonds is 13. The van der Waals surface area contributed by atoms with Crippen molar-refractivity contribution >= 4 is 18.1 Å². The van der Waals surface area contributed by atoms with Crippen molar-refractivity contribution in [2.45, 2.75) is 19.8 Å². The molecule has 0 saturated heterocycles. The second-order valence-corrected chi connectivity index (χ2v) is 9.00. The third-order valence-corrected chi connectivity index (χ3v) is 5.98. The van der Waals surface area contributed by atoms with Gasteiger partial charge in [-0.05, 0) is 77.7 Å². The fourth-order valence-electron chi connectivity index (χ4n) is 3.76. The molecular weight excluding hydrogens is 520 g/mol. The minimum atomic E-state index is -0.521. The van der Waals surface area contributed by atoms with Crippen molar-refractivity contribution in [3.8, 4) is 34.1 Å². The fourth-order valence-corrected chi connectivity index (χ4v) is 3.76. The second-order valence-electron chi connectivity index (χ2n) is 9.00. The zero-order chi connectivity index (χ0) is 28.9. The lowest BCUT2D eigenvalue weighted by Crippen LogP contribution is -2.24. The number of methoxy groups -OCH3 is 1. The summed E-state index contributed by atoms with van der Waals surface area (Å²) in [6.45, 7) is 2.54. The van der Waals surface area contributed by atoms with Gasteiger partial charge in [-0.1, -0.05) is 55.8 Å². The molecule has 0 aliphatic carbocycles. The smallest absolute Gasteiger partial charge is 0.343 e. The van der Waals surface area contributed by atoms with Gasteiger partial charge in [0.15, 0.2) is 18.1 Å². The highest BCUT2D eigenvalue weighted by atomic mass is 16.6. The normalized spacial score (nSPS) is 10.7. The molecule has 1 amide bonds. The van der Waals surface area contributed by atoms with Crippen LogP contribution in [0.25, 0.3) is 11.1 Å². The minimum Gasteiger partial charge on any atom is -0.494 e. The van der Waals surface area contributed by atoms with Crippen LogP contribution in [-0.4, -0.2) is 38.4 Å². The molecule has 0 aliphatic heterocycles. The van der Waals surface area contributed by atoms with E-state index in [1.807, 2.05) is 54.6 Å². The van der Waals surface area contributed by atoms with Crippen LogP contribution in [-0.2, 0) is 4.79 Å². The number of hydrogen-bond acceptors (Lipinski definition) is 7. The first-order chi connectivity index (χ1) is 20.1. The van der Waals surface area contributed by atoms with Gasteiger partial charge in [-0.25, -0.2) is 10.2 Å². The molecule has 1 N–H and O–H groups in total. The lowest BCUT2D eigenvalue weighted by Gasteiger charge is -2.10. The number of esters is 1. The van der Waals surface area contributed by atoms with E-state index in [2.05, 4.69) is 17.5 Å². The van der Waals surface area contributed by atoms with E-state index in [0.29, 0.717) is 35.0 Å². The van der Waals surface area contributed by atoms with Gasteiger partial charge in [0.1, 0.15) is 11.5 Å². The van der Waals surface area contributed by atoms with Gasteiger partial charge >= 0.3 is 5.97 Å². The van der Waals surface area contributed by atoms with Crippen molar-refractivity contribution in [3.05, 3.63) is 108 Å². The molecule has 210 valence electrons. The maximum absolute atomic E-state index is 12.6. The summed E-state index contributed by atoms with van der Waals surface area (Å²) < 4.78 is 22.1. The van der Waals surface area contributed by atoms with E-state index >= 15 is 0 Å². The van der Waals surface area contributed by atoms with Crippen molar-refractivity contribution in [1.82, 2.24) is 5.43 Å². The van der Waals surface area contributed by atoms with Crippen LogP contribution in [0.4, 0.5) is 0 Å². The molecule has 0 saturated carbocycles. The minimum absolute atomic E-state index is 0.188. The second kappa shape index (κ2) is 14.9. The maximum atomic E-state index is 12.6. The third kappa shape index (κ3) is 8.69. The lowest BCUT2D eigenvalue weighted by atomic mass is 10.1.